The van der Waals surface area contributed by atoms with E-state index in [4.69, 9.17) is 9.47 Å². The largest absolute Gasteiger partial charge is 0.444 e. The highest BCUT2D eigenvalue weighted by Gasteiger charge is 2.38. The van der Waals surface area contributed by atoms with Gasteiger partial charge in [-0.2, -0.15) is 5.10 Å². The van der Waals surface area contributed by atoms with Gasteiger partial charge in [0.1, 0.15) is 11.7 Å². The van der Waals surface area contributed by atoms with Crippen LogP contribution >= 0.6 is 0 Å². The Labute approximate surface area is 146 Å². The van der Waals surface area contributed by atoms with E-state index < -0.39 is 23.9 Å². The Morgan fingerprint density at radius 2 is 2.16 bits per heavy atom. The molecule has 0 aliphatic carbocycles. The Morgan fingerprint density at radius 3 is 2.76 bits per heavy atom. The Balaban J connectivity index is 1.83. The van der Waals surface area contributed by atoms with Crippen LogP contribution in [0.2, 0.25) is 0 Å². The lowest BCUT2D eigenvalue weighted by molar-refractivity contribution is 0.00913. The van der Waals surface area contributed by atoms with Crippen molar-refractivity contribution in [3.8, 4) is 0 Å². The number of nitrogens with zero attached hydrogens (tertiary/aromatic N) is 4. The highest BCUT2D eigenvalue weighted by atomic mass is 16.6. The molecule has 9 heteroatoms. The zero-order valence-corrected chi connectivity index (χ0v) is 14.9. The summed E-state index contributed by atoms with van der Waals surface area (Å²) >= 11 is 0. The maximum atomic E-state index is 12.5. The van der Waals surface area contributed by atoms with E-state index in [1.165, 1.54) is 4.90 Å². The fourth-order valence-corrected chi connectivity index (χ4v) is 2.99. The number of aliphatic hydroxyl groups excluding tert-OH is 1. The molecule has 9 nitrogen and oxygen atoms in total. The third-order valence-electron chi connectivity index (χ3n) is 4.21. The van der Waals surface area contributed by atoms with Gasteiger partial charge in [-0.15, -0.1) is 0 Å². The number of aliphatic hydroxyl groups is 1. The van der Waals surface area contributed by atoms with Gasteiger partial charge in [0.25, 0.3) is 0 Å². The molecule has 0 spiro atoms. The van der Waals surface area contributed by atoms with Crippen molar-refractivity contribution in [2.45, 2.75) is 58.5 Å². The third-order valence-corrected chi connectivity index (χ3v) is 4.21. The van der Waals surface area contributed by atoms with Crippen LogP contribution in [0.3, 0.4) is 0 Å². The number of rotatable bonds is 2. The molecule has 2 aliphatic rings. The summed E-state index contributed by atoms with van der Waals surface area (Å²) in [6.07, 6.45) is 0.141. The first kappa shape index (κ1) is 17.5. The van der Waals surface area contributed by atoms with Crippen LogP contribution in [-0.2, 0) is 22.6 Å². The predicted molar refractivity (Wildman–Crippen MR) is 88.2 cm³/mol. The topological polar surface area (TPSA) is 97.1 Å². The first-order valence-electron chi connectivity index (χ1n) is 8.33. The van der Waals surface area contributed by atoms with Gasteiger partial charge in [-0.1, -0.05) is 0 Å². The quantitative estimate of drug-likeness (QED) is 0.863. The second-order valence-electron chi connectivity index (χ2n) is 7.41. The van der Waals surface area contributed by atoms with E-state index in [9.17, 15) is 14.7 Å². The van der Waals surface area contributed by atoms with Gasteiger partial charge in [-0.3, -0.25) is 14.5 Å². The summed E-state index contributed by atoms with van der Waals surface area (Å²) in [7, 11) is 0. The molecule has 0 aromatic carbocycles. The van der Waals surface area contributed by atoms with Crippen LogP contribution in [0.4, 0.5) is 15.3 Å². The number of amides is 2. The lowest BCUT2D eigenvalue weighted by Gasteiger charge is -2.35. The lowest BCUT2D eigenvalue weighted by atomic mass is 10.1. The predicted octanol–water partition coefficient (Wildman–Crippen LogP) is 1.34. The summed E-state index contributed by atoms with van der Waals surface area (Å²) < 4.78 is 12.4. The minimum absolute atomic E-state index is 0.0779. The van der Waals surface area contributed by atoms with Crippen molar-refractivity contribution >= 4 is 17.9 Å². The molecule has 1 fully saturated rings. The first-order valence-corrected chi connectivity index (χ1v) is 8.33. The molecule has 1 aromatic rings. The molecule has 2 atom stereocenters. The fraction of sp³-hybridized carbons (Fsp3) is 0.688. The number of carbonyl (C=O) groups is 2. The molecule has 0 bridgehead atoms. The monoisotopic (exact) mass is 352 g/mol. The SMILES string of the molecule is CC1Cn2ncc(N3CC(CO)OC3=O)c2CN1C(=O)OC(C)(C)C. The highest BCUT2D eigenvalue weighted by molar-refractivity contribution is 5.90. The number of ether oxygens (including phenoxy) is 2. The smallest absolute Gasteiger partial charge is 0.414 e. The Morgan fingerprint density at radius 1 is 1.44 bits per heavy atom. The maximum absolute atomic E-state index is 12.5. The fourth-order valence-electron chi connectivity index (χ4n) is 2.99. The molecule has 2 unspecified atom stereocenters. The molecule has 138 valence electrons. The minimum atomic E-state index is -0.579. The van der Waals surface area contributed by atoms with Gasteiger partial charge in [0, 0.05) is 0 Å². The molecule has 2 aliphatic heterocycles. The van der Waals surface area contributed by atoms with E-state index in [1.807, 2.05) is 27.7 Å². The first-order chi connectivity index (χ1) is 11.7. The van der Waals surface area contributed by atoms with Gasteiger partial charge in [-0.05, 0) is 27.7 Å². The van der Waals surface area contributed by atoms with Crippen molar-refractivity contribution in [2.75, 3.05) is 18.1 Å². The lowest BCUT2D eigenvalue weighted by Crippen LogP contribution is -2.47. The molecule has 3 rings (SSSR count). The molecule has 1 aromatic heterocycles. The number of fused-ring (bicyclic) bond motifs is 1. The van der Waals surface area contributed by atoms with Gasteiger partial charge >= 0.3 is 12.2 Å². The van der Waals surface area contributed by atoms with Crippen LogP contribution in [0.5, 0.6) is 0 Å². The van der Waals surface area contributed by atoms with Crippen molar-refractivity contribution < 1.29 is 24.2 Å². The van der Waals surface area contributed by atoms with Gasteiger partial charge in [0.2, 0.25) is 0 Å². The molecule has 2 amide bonds. The molecule has 25 heavy (non-hydrogen) atoms. The number of aromatic nitrogens is 2. The van der Waals surface area contributed by atoms with E-state index >= 15 is 0 Å². The highest BCUT2D eigenvalue weighted by Crippen LogP contribution is 2.30. The molecule has 0 radical (unpaired) electrons. The minimum Gasteiger partial charge on any atom is -0.444 e. The Bertz CT molecular complexity index is 681. The molecular weight excluding hydrogens is 328 g/mol. The molecule has 3 heterocycles. The summed E-state index contributed by atoms with van der Waals surface area (Å²) in [5.41, 5.74) is 0.769. The van der Waals surface area contributed by atoms with Crippen LogP contribution in [0, 0.1) is 0 Å². The van der Waals surface area contributed by atoms with Gasteiger partial charge < -0.3 is 14.6 Å². The Kier molecular flexibility index (Phi) is 4.36. The van der Waals surface area contributed by atoms with Crippen LogP contribution < -0.4 is 4.90 Å². The van der Waals surface area contributed by atoms with Crippen molar-refractivity contribution in [3.63, 3.8) is 0 Å². The van der Waals surface area contributed by atoms with E-state index in [1.54, 1.807) is 15.8 Å². The van der Waals surface area contributed by atoms with Crippen LogP contribution in [0.1, 0.15) is 33.4 Å². The summed E-state index contributed by atoms with van der Waals surface area (Å²) in [6.45, 7) is 8.24. The average Bonchev–Trinajstić information content (AvgIpc) is 3.07. The third kappa shape index (κ3) is 3.41. The standard InChI is InChI=1S/C16H24N4O5/c1-10-6-20-13(8-18(10)15(23)25-16(2,3)4)12(5-17-20)19-7-11(9-21)24-14(19)22/h5,10-11,21H,6-9H2,1-4H3. The van der Waals surface area contributed by atoms with E-state index in [-0.39, 0.29) is 19.2 Å². The number of hydrogen-bond donors (Lipinski definition) is 1. The normalized spacial score (nSPS) is 23.5. The summed E-state index contributed by atoms with van der Waals surface area (Å²) in [6, 6.07) is -0.0779. The molecule has 1 N–H and O–H groups in total. The maximum Gasteiger partial charge on any atom is 0.414 e. The van der Waals surface area contributed by atoms with Gasteiger partial charge in [0.05, 0.1) is 49.9 Å². The van der Waals surface area contributed by atoms with Gasteiger partial charge in [-0.25, -0.2) is 9.59 Å². The molecular formula is C16H24N4O5. The van der Waals surface area contributed by atoms with E-state index in [0.29, 0.717) is 18.8 Å². The summed E-state index contributed by atoms with van der Waals surface area (Å²) in [5.74, 6) is 0. The number of hydrogen-bond acceptors (Lipinski definition) is 6. The molecule has 1 saturated heterocycles. The number of carbonyl (C=O) groups excluding carboxylic acids is 2. The van der Waals surface area contributed by atoms with Crippen molar-refractivity contribution in [3.05, 3.63) is 11.9 Å². The Hall–Kier alpha value is -2.29. The summed E-state index contributed by atoms with van der Waals surface area (Å²) in [5, 5.41) is 13.5. The number of anilines is 1. The summed E-state index contributed by atoms with van der Waals surface area (Å²) in [4.78, 5) is 27.6. The van der Waals surface area contributed by atoms with Crippen molar-refractivity contribution in [1.82, 2.24) is 14.7 Å². The second kappa shape index (κ2) is 6.21. The van der Waals surface area contributed by atoms with E-state index in [2.05, 4.69) is 5.10 Å². The second-order valence-corrected chi connectivity index (χ2v) is 7.41. The van der Waals surface area contributed by atoms with Crippen molar-refractivity contribution in [2.24, 2.45) is 0 Å². The zero-order valence-electron chi connectivity index (χ0n) is 14.9. The number of cyclic esters (lactones) is 1. The van der Waals surface area contributed by atoms with Crippen LogP contribution in [0.15, 0.2) is 6.20 Å². The van der Waals surface area contributed by atoms with Crippen LogP contribution in [-0.4, -0.2) is 62.9 Å². The van der Waals surface area contributed by atoms with E-state index in [0.717, 1.165) is 5.69 Å². The zero-order chi connectivity index (χ0) is 18.4. The van der Waals surface area contributed by atoms with Gasteiger partial charge in [0.15, 0.2) is 0 Å². The molecule has 0 saturated carbocycles. The van der Waals surface area contributed by atoms with Crippen molar-refractivity contribution in [1.29, 1.82) is 0 Å². The van der Waals surface area contributed by atoms with Crippen LogP contribution in [0.25, 0.3) is 0 Å². The average molecular weight is 352 g/mol.